The van der Waals surface area contributed by atoms with Crippen LogP contribution in [0, 0.1) is 5.41 Å². The molecular weight excluding hydrogens is 121 g/mol. The van der Waals surface area contributed by atoms with Gasteiger partial charge in [-0.25, -0.2) is 4.39 Å². The number of amides is 1. The van der Waals surface area contributed by atoms with Gasteiger partial charge in [-0.3, -0.25) is 4.79 Å². The van der Waals surface area contributed by atoms with Crippen LogP contribution in [0.1, 0.15) is 13.8 Å². The zero-order valence-corrected chi connectivity index (χ0v) is 5.52. The predicted octanol–water partition coefficient (Wildman–Crippen LogP) is 0.981. The molecule has 0 aliphatic heterocycles. The topological polar surface area (TPSA) is 43.1 Å². The van der Waals surface area contributed by atoms with E-state index in [1.54, 1.807) is 13.8 Å². The molecule has 9 heavy (non-hydrogen) atoms. The van der Waals surface area contributed by atoms with E-state index in [0.29, 0.717) is 6.33 Å². The third-order valence-corrected chi connectivity index (χ3v) is 1.11. The number of hydrogen-bond acceptors (Lipinski definition) is 1. The van der Waals surface area contributed by atoms with Crippen LogP contribution >= 0.6 is 0 Å². The van der Waals surface area contributed by atoms with Crippen LogP contribution in [0.2, 0.25) is 0 Å². The van der Waals surface area contributed by atoms with Crippen molar-refractivity contribution in [3.8, 4) is 0 Å². The van der Waals surface area contributed by atoms with E-state index in [2.05, 4.69) is 0 Å². The Balaban J connectivity index is 4.19. The second-order valence-electron chi connectivity index (χ2n) is 2.38. The lowest BCUT2D eigenvalue weighted by molar-refractivity contribution is -0.123. The smallest absolute Gasteiger partial charge is 0.226 e. The van der Waals surface area contributed by atoms with E-state index in [0.717, 1.165) is 6.08 Å². The molecule has 0 atom stereocenters. The molecular formula is C6H10FNO. The first kappa shape index (κ1) is 8.14. The number of primary amides is 1. The van der Waals surface area contributed by atoms with Crippen molar-refractivity contribution in [2.24, 2.45) is 11.1 Å². The number of rotatable bonds is 2. The molecule has 2 N–H and O–H groups in total. The van der Waals surface area contributed by atoms with Crippen LogP contribution in [0.5, 0.6) is 0 Å². The van der Waals surface area contributed by atoms with Crippen LogP contribution < -0.4 is 5.73 Å². The summed E-state index contributed by atoms with van der Waals surface area (Å²) < 4.78 is 11.5. The van der Waals surface area contributed by atoms with Gasteiger partial charge in [0.05, 0.1) is 11.7 Å². The quantitative estimate of drug-likeness (QED) is 0.596. The molecule has 0 saturated carbocycles. The normalized spacial score (nSPS) is 12.3. The van der Waals surface area contributed by atoms with E-state index in [1.807, 2.05) is 0 Å². The SMILES string of the molecule is CC(C)(C=CF)C(N)=O. The summed E-state index contributed by atoms with van der Waals surface area (Å²) in [6.07, 6.45) is 1.44. The highest BCUT2D eigenvalue weighted by atomic mass is 19.1. The van der Waals surface area contributed by atoms with Gasteiger partial charge in [-0.15, -0.1) is 0 Å². The molecule has 3 heteroatoms. The van der Waals surface area contributed by atoms with Crippen molar-refractivity contribution in [1.82, 2.24) is 0 Å². The van der Waals surface area contributed by atoms with Gasteiger partial charge >= 0.3 is 0 Å². The Bertz CT molecular complexity index is 140. The number of carbonyl (C=O) groups excluding carboxylic acids is 1. The van der Waals surface area contributed by atoms with Gasteiger partial charge in [0.15, 0.2) is 0 Å². The lowest BCUT2D eigenvalue weighted by atomic mass is 9.93. The Morgan fingerprint density at radius 1 is 1.67 bits per heavy atom. The highest BCUT2D eigenvalue weighted by Crippen LogP contribution is 2.15. The second kappa shape index (κ2) is 2.62. The first-order valence-electron chi connectivity index (χ1n) is 2.58. The van der Waals surface area contributed by atoms with Crippen molar-refractivity contribution >= 4 is 5.91 Å². The molecule has 0 fully saturated rings. The fraction of sp³-hybridized carbons (Fsp3) is 0.500. The summed E-state index contributed by atoms with van der Waals surface area (Å²) in [5.74, 6) is -0.531. The van der Waals surface area contributed by atoms with Crippen molar-refractivity contribution < 1.29 is 9.18 Å². The highest BCUT2D eigenvalue weighted by molar-refractivity contribution is 5.81. The Kier molecular flexibility index (Phi) is 2.37. The minimum Gasteiger partial charge on any atom is -0.369 e. The van der Waals surface area contributed by atoms with Gasteiger partial charge in [0.25, 0.3) is 0 Å². The molecule has 0 heterocycles. The molecule has 0 bridgehead atoms. The Morgan fingerprint density at radius 2 is 2.11 bits per heavy atom. The summed E-state index contributed by atoms with van der Waals surface area (Å²) in [6.45, 7) is 3.09. The minimum atomic E-state index is -0.866. The minimum absolute atomic E-state index is 0.324. The molecule has 0 rings (SSSR count). The van der Waals surface area contributed by atoms with Crippen molar-refractivity contribution in [1.29, 1.82) is 0 Å². The molecule has 0 aliphatic carbocycles. The standard InChI is InChI=1S/C6H10FNO/c1-6(2,3-4-7)5(8)9/h3-4H,1-2H3,(H2,8,9). The van der Waals surface area contributed by atoms with E-state index in [4.69, 9.17) is 5.73 Å². The van der Waals surface area contributed by atoms with E-state index < -0.39 is 11.3 Å². The summed E-state index contributed by atoms with van der Waals surface area (Å²) >= 11 is 0. The Morgan fingerprint density at radius 3 is 2.22 bits per heavy atom. The summed E-state index contributed by atoms with van der Waals surface area (Å²) in [6, 6.07) is 0. The Hall–Kier alpha value is -0.860. The summed E-state index contributed by atoms with van der Waals surface area (Å²) in [5, 5.41) is 0. The molecule has 2 nitrogen and oxygen atoms in total. The fourth-order valence-corrected chi connectivity index (χ4v) is 0.240. The molecule has 0 radical (unpaired) electrons. The fourth-order valence-electron chi connectivity index (χ4n) is 0.240. The van der Waals surface area contributed by atoms with Crippen LogP contribution in [-0.2, 0) is 4.79 Å². The maximum atomic E-state index is 11.5. The van der Waals surface area contributed by atoms with Gasteiger partial charge in [0, 0.05) is 0 Å². The lowest BCUT2D eigenvalue weighted by Crippen LogP contribution is -2.29. The second-order valence-corrected chi connectivity index (χ2v) is 2.38. The third-order valence-electron chi connectivity index (χ3n) is 1.11. The maximum absolute atomic E-state index is 11.5. The maximum Gasteiger partial charge on any atom is 0.226 e. The van der Waals surface area contributed by atoms with Crippen LogP contribution in [0.15, 0.2) is 12.4 Å². The van der Waals surface area contributed by atoms with Gasteiger partial charge < -0.3 is 5.73 Å². The van der Waals surface area contributed by atoms with Crippen molar-refractivity contribution in [2.45, 2.75) is 13.8 Å². The van der Waals surface area contributed by atoms with Crippen LogP contribution in [-0.4, -0.2) is 5.91 Å². The summed E-state index contributed by atoms with van der Waals surface area (Å²) in [5.41, 5.74) is 4.03. The van der Waals surface area contributed by atoms with E-state index in [-0.39, 0.29) is 0 Å². The third kappa shape index (κ3) is 2.26. The first-order valence-corrected chi connectivity index (χ1v) is 2.58. The van der Waals surface area contributed by atoms with Crippen LogP contribution in [0.25, 0.3) is 0 Å². The van der Waals surface area contributed by atoms with Crippen molar-refractivity contribution in [3.63, 3.8) is 0 Å². The Labute approximate surface area is 53.5 Å². The molecule has 0 aromatic heterocycles. The van der Waals surface area contributed by atoms with Gasteiger partial charge in [-0.05, 0) is 19.9 Å². The van der Waals surface area contributed by atoms with Crippen LogP contribution in [0.4, 0.5) is 4.39 Å². The van der Waals surface area contributed by atoms with Gasteiger partial charge in [0.2, 0.25) is 5.91 Å². The molecule has 0 aromatic rings. The molecule has 0 unspecified atom stereocenters. The summed E-state index contributed by atoms with van der Waals surface area (Å²) in [7, 11) is 0. The van der Waals surface area contributed by atoms with E-state index >= 15 is 0 Å². The summed E-state index contributed by atoms with van der Waals surface area (Å²) in [4.78, 5) is 10.4. The number of hydrogen-bond donors (Lipinski definition) is 1. The molecule has 0 saturated heterocycles. The number of carbonyl (C=O) groups is 1. The first-order chi connectivity index (χ1) is 4.00. The van der Waals surface area contributed by atoms with Gasteiger partial charge in [0.1, 0.15) is 0 Å². The zero-order chi connectivity index (χ0) is 7.49. The average Bonchev–Trinajstić information content (AvgIpc) is 1.65. The van der Waals surface area contributed by atoms with E-state index in [1.165, 1.54) is 0 Å². The van der Waals surface area contributed by atoms with E-state index in [9.17, 15) is 9.18 Å². The highest BCUT2D eigenvalue weighted by Gasteiger charge is 2.20. The monoisotopic (exact) mass is 131 g/mol. The van der Waals surface area contributed by atoms with Crippen LogP contribution in [0.3, 0.4) is 0 Å². The molecule has 1 amide bonds. The van der Waals surface area contributed by atoms with Gasteiger partial charge in [-0.2, -0.15) is 0 Å². The zero-order valence-electron chi connectivity index (χ0n) is 5.52. The molecule has 0 aliphatic rings. The van der Waals surface area contributed by atoms with Gasteiger partial charge in [-0.1, -0.05) is 0 Å². The predicted molar refractivity (Wildman–Crippen MR) is 33.2 cm³/mol. The lowest BCUT2D eigenvalue weighted by Gasteiger charge is -2.12. The largest absolute Gasteiger partial charge is 0.369 e. The number of halogens is 1. The van der Waals surface area contributed by atoms with Crippen molar-refractivity contribution in [2.75, 3.05) is 0 Å². The molecule has 0 aromatic carbocycles. The average molecular weight is 131 g/mol. The molecule has 0 spiro atoms. The number of nitrogens with two attached hydrogens (primary N) is 1. The van der Waals surface area contributed by atoms with Crippen molar-refractivity contribution in [3.05, 3.63) is 12.4 Å². The molecule has 52 valence electrons.